The van der Waals surface area contributed by atoms with Crippen molar-refractivity contribution >= 4 is 29.1 Å². The highest BCUT2D eigenvalue weighted by molar-refractivity contribution is 7.80. The number of aryl methyl sites for hydroxylation is 1. The van der Waals surface area contributed by atoms with Gasteiger partial charge in [0.05, 0.1) is 0 Å². The molecule has 0 bridgehead atoms. The highest BCUT2D eigenvalue weighted by Gasteiger charge is 2.10. The minimum atomic E-state index is -0.503. The Bertz CT molecular complexity index is 742. The van der Waals surface area contributed by atoms with Crippen LogP contribution in [0.1, 0.15) is 31.8 Å². The van der Waals surface area contributed by atoms with Gasteiger partial charge in [0.15, 0.2) is 5.11 Å². The molecule has 0 radical (unpaired) electrons. The van der Waals surface area contributed by atoms with E-state index in [-0.39, 0.29) is 11.0 Å². The fraction of sp³-hybridized carbons (Fsp3) is 0.118. The van der Waals surface area contributed by atoms with Crippen LogP contribution < -0.4 is 16.4 Å². The Morgan fingerprint density at radius 1 is 1.09 bits per heavy atom. The fourth-order valence-electron chi connectivity index (χ4n) is 2.01. The highest BCUT2D eigenvalue weighted by Crippen LogP contribution is 2.07. The second kappa shape index (κ2) is 7.51. The van der Waals surface area contributed by atoms with Gasteiger partial charge in [0, 0.05) is 17.7 Å². The molecule has 118 valence electrons. The third kappa shape index (κ3) is 4.62. The van der Waals surface area contributed by atoms with Crippen molar-refractivity contribution in [3.05, 3.63) is 70.8 Å². The van der Waals surface area contributed by atoms with Crippen molar-refractivity contribution in [1.29, 1.82) is 0 Å². The van der Waals surface area contributed by atoms with Gasteiger partial charge in [-0.2, -0.15) is 0 Å². The predicted octanol–water partition coefficient (Wildman–Crippen LogP) is 1.90. The average Bonchev–Trinajstić information content (AvgIpc) is 2.53. The molecule has 0 aliphatic rings. The number of amides is 2. The maximum Gasteiger partial charge on any atom is 0.257 e. The number of carbonyl (C=O) groups excluding carboxylic acids is 2. The Kier molecular flexibility index (Phi) is 5.43. The predicted molar refractivity (Wildman–Crippen MR) is 93.0 cm³/mol. The molecule has 23 heavy (non-hydrogen) atoms. The second-order valence-electron chi connectivity index (χ2n) is 5.02. The number of primary amides is 1. The van der Waals surface area contributed by atoms with Crippen molar-refractivity contribution in [2.75, 3.05) is 0 Å². The first kappa shape index (κ1) is 16.6. The number of hydrogen-bond acceptors (Lipinski definition) is 3. The van der Waals surface area contributed by atoms with Gasteiger partial charge in [0.25, 0.3) is 5.91 Å². The molecule has 0 saturated heterocycles. The number of rotatable bonds is 4. The maximum atomic E-state index is 12.0. The summed E-state index contributed by atoms with van der Waals surface area (Å²) in [5.74, 6) is -0.789. The summed E-state index contributed by atoms with van der Waals surface area (Å²) in [6.45, 7) is 2.25. The number of hydrogen-bond donors (Lipinski definition) is 3. The minimum absolute atomic E-state index is 0.190. The summed E-state index contributed by atoms with van der Waals surface area (Å²) in [5, 5.41) is 5.69. The molecular weight excluding hydrogens is 310 g/mol. The van der Waals surface area contributed by atoms with Crippen LogP contribution in [0.2, 0.25) is 0 Å². The smallest absolute Gasteiger partial charge is 0.257 e. The van der Waals surface area contributed by atoms with Gasteiger partial charge in [0.2, 0.25) is 5.91 Å². The van der Waals surface area contributed by atoms with E-state index in [0.717, 1.165) is 5.56 Å². The molecular formula is C17H17N3O2S. The van der Waals surface area contributed by atoms with Crippen LogP contribution in [0.5, 0.6) is 0 Å². The van der Waals surface area contributed by atoms with Crippen molar-refractivity contribution in [2.45, 2.75) is 13.5 Å². The average molecular weight is 327 g/mol. The van der Waals surface area contributed by atoms with E-state index in [9.17, 15) is 9.59 Å². The Hall–Kier alpha value is -2.73. The van der Waals surface area contributed by atoms with E-state index in [2.05, 4.69) is 10.6 Å². The Labute approximate surface area is 139 Å². The number of nitrogens with two attached hydrogens (primary N) is 1. The van der Waals surface area contributed by atoms with Crippen LogP contribution in [0.3, 0.4) is 0 Å². The quantitative estimate of drug-likeness (QED) is 0.749. The molecule has 2 rings (SSSR count). The normalized spacial score (nSPS) is 9.96. The summed E-state index contributed by atoms with van der Waals surface area (Å²) in [6, 6.07) is 14.1. The largest absolute Gasteiger partial charge is 0.366 e. The zero-order valence-corrected chi connectivity index (χ0v) is 13.4. The van der Waals surface area contributed by atoms with Gasteiger partial charge in [-0.3, -0.25) is 14.9 Å². The highest BCUT2D eigenvalue weighted by atomic mass is 32.1. The zero-order valence-electron chi connectivity index (χ0n) is 12.6. The topological polar surface area (TPSA) is 84.2 Å². The molecule has 2 amide bonds. The van der Waals surface area contributed by atoms with Gasteiger partial charge in [-0.15, -0.1) is 0 Å². The van der Waals surface area contributed by atoms with Crippen molar-refractivity contribution in [1.82, 2.24) is 10.6 Å². The van der Waals surface area contributed by atoms with Crippen LogP contribution in [0.25, 0.3) is 0 Å². The fourth-order valence-corrected chi connectivity index (χ4v) is 2.18. The molecule has 0 heterocycles. The molecule has 0 aliphatic carbocycles. The van der Waals surface area contributed by atoms with E-state index in [1.54, 1.807) is 36.4 Å². The molecule has 6 heteroatoms. The third-order valence-corrected chi connectivity index (χ3v) is 3.51. The van der Waals surface area contributed by atoms with Gasteiger partial charge in [-0.25, -0.2) is 0 Å². The molecule has 2 aromatic rings. The lowest BCUT2D eigenvalue weighted by Gasteiger charge is -2.11. The molecule has 4 N–H and O–H groups in total. The first-order chi connectivity index (χ1) is 11.0. The molecule has 5 nitrogen and oxygen atoms in total. The van der Waals surface area contributed by atoms with Crippen LogP contribution in [-0.2, 0) is 6.54 Å². The molecule has 0 atom stereocenters. The molecule has 0 spiro atoms. The molecule has 0 fully saturated rings. The van der Waals surface area contributed by atoms with E-state index >= 15 is 0 Å². The van der Waals surface area contributed by atoms with Crippen molar-refractivity contribution < 1.29 is 9.59 Å². The van der Waals surface area contributed by atoms with Crippen molar-refractivity contribution in [3.63, 3.8) is 0 Å². The Morgan fingerprint density at radius 2 is 1.74 bits per heavy atom. The van der Waals surface area contributed by atoms with E-state index in [1.165, 1.54) is 0 Å². The van der Waals surface area contributed by atoms with Gasteiger partial charge >= 0.3 is 0 Å². The van der Waals surface area contributed by atoms with Crippen molar-refractivity contribution in [2.24, 2.45) is 5.73 Å². The Morgan fingerprint density at radius 3 is 2.39 bits per heavy atom. The molecule has 0 saturated carbocycles. The SMILES string of the molecule is Cc1ccc(C(=O)NC(=S)NCc2ccccc2C(N)=O)cc1. The standard InChI is InChI=1S/C17H17N3O2S/c1-11-6-8-12(9-7-11)16(22)20-17(23)19-10-13-4-2-3-5-14(13)15(18)21/h2-9H,10H2,1H3,(H2,18,21)(H2,19,20,22,23). The Balaban J connectivity index is 1.94. The monoisotopic (exact) mass is 327 g/mol. The van der Waals surface area contributed by atoms with E-state index in [0.29, 0.717) is 23.2 Å². The lowest BCUT2D eigenvalue weighted by atomic mass is 10.1. The van der Waals surface area contributed by atoms with Crippen LogP contribution in [0.15, 0.2) is 48.5 Å². The van der Waals surface area contributed by atoms with Gasteiger partial charge in [0.1, 0.15) is 0 Å². The van der Waals surface area contributed by atoms with E-state index in [1.807, 2.05) is 19.1 Å². The number of thiocarbonyl (C=S) groups is 1. The number of carbonyl (C=O) groups is 2. The summed E-state index contributed by atoms with van der Waals surface area (Å²) in [4.78, 5) is 23.4. The summed E-state index contributed by atoms with van der Waals surface area (Å²) in [5.41, 5.74) is 8.06. The lowest BCUT2D eigenvalue weighted by Crippen LogP contribution is -2.39. The number of nitrogens with one attached hydrogen (secondary N) is 2. The van der Waals surface area contributed by atoms with Gasteiger partial charge < -0.3 is 11.1 Å². The maximum absolute atomic E-state index is 12.0. The lowest BCUT2D eigenvalue weighted by molar-refractivity contribution is 0.0973. The zero-order chi connectivity index (χ0) is 16.8. The summed E-state index contributed by atoms with van der Waals surface area (Å²) in [7, 11) is 0. The van der Waals surface area contributed by atoms with Crippen molar-refractivity contribution in [3.8, 4) is 0 Å². The summed E-state index contributed by atoms with van der Waals surface area (Å²) >= 11 is 5.10. The van der Waals surface area contributed by atoms with Gasteiger partial charge in [-0.1, -0.05) is 35.9 Å². The molecule has 2 aromatic carbocycles. The number of benzene rings is 2. The van der Waals surface area contributed by atoms with E-state index < -0.39 is 5.91 Å². The van der Waals surface area contributed by atoms with Crippen LogP contribution in [0.4, 0.5) is 0 Å². The molecule has 0 aromatic heterocycles. The molecule has 0 unspecified atom stereocenters. The van der Waals surface area contributed by atoms with Gasteiger partial charge in [-0.05, 0) is 42.9 Å². The third-order valence-electron chi connectivity index (χ3n) is 3.26. The summed E-state index contributed by atoms with van der Waals surface area (Å²) < 4.78 is 0. The second-order valence-corrected chi connectivity index (χ2v) is 5.43. The first-order valence-corrected chi connectivity index (χ1v) is 7.42. The summed E-state index contributed by atoms with van der Waals surface area (Å²) in [6.07, 6.45) is 0. The van der Waals surface area contributed by atoms with E-state index in [4.69, 9.17) is 18.0 Å². The van der Waals surface area contributed by atoms with Crippen LogP contribution >= 0.6 is 12.2 Å². The first-order valence-electron chi connectivity index (χ1n) is 7.01. The van der Waals surface area contributed by atoms with Crippen LogP contribution in [-0.4, -0.2) is 16.9 Å². The van der Waals surface area contributed by atoms with Crippen LogP contribution in [0, 0.1) is 6.92 Å². The minimum Gasteiger partial charge on any atom is -0.366 e. The molecule has 0 aliphatic heterocycles.